The molecule has 0 aliphatic carbocycles. The second-order valence-corrected chi connectivity index (χ2v) is 5.08. The van der Waals surface area contributed by atoms with E-state index in [1.54, 1.807) is 0 Å². The van der Waals surface area contributed by atoms with E-state index >= 15 is 0 Å². The van der Waals surface area contributed by atoms with Crippen LogP contribution in [-0.2, 0) is 6.54 Å². The number of thiol groups is 1. The molecule has 0 spiro atoms. The Morgan fingerprint density at radius 2 is 2.13 bits per heavy atom. The molecule has 0 radical (unpaired) electrons. The number of rotatable bonds is 4. The molecule has 2 rings (SSSR count). The zero-order chi connectivity index (χ0) is 10.7. The van der Waals surface area contributed by atoms with Gasteiger partial charge in [-0.05, 0) is 29.4 Å². The highest BCUT2D eigenvalue weighted by Crippen LogP contribution is 2.26. The lowest BCUT2D eigenvalue weighted by Gasteiger charge is -2.14. The van der Waals surface area contributed by atoms with Gasteiger partial charge in [0, 0.05) is 23.5 Å². The number of benzene rings is 1. The summed E-state index contributed by atoms with van der Waals surface area (Å²) >= 11 is 6.07. The van der Waals surface area contributed by atoms with Crippen LogP contribution in [0.3, 0.4) is 0 Å². The van der Waals surface area contributed by atoms with E-state index in [9.17, 15) is 0 Å². The monoisotopic (exact) mass is 237 g/mol. The van der Waals surface area contributed by atoms with Gasteiger partial charge in [0.25, 0.3) is 0 Å². The fourth-order valence-electron chi connectivity index (χ4n) is 1.70. The van der Waals surface area contributed by atoms with Gasteiger partial charge in [0.15, 0.2) is 0 Å². The molecule has 0 saturated heterocycles. The lowest BCUT2D eigenvalue weighted by atomic mass is 10.2. The van der Waals surface area contributed by atoms with Gasteiger partial charge in [-0.25, -0.2) is 0 Å². The minimum atomic E-state index is 0.915. The molecule has 0 aliphatic heterocycles. The van der Waals surface area contributed by atoms with Crippen LogP contribution in [0.25, 0.3) is 10.1 Å². The van der Waals surface area contributed by atoms with Crippen LogP contribution in [-0.4, -0.2) is 24.2 Å². The van der Waals surface area contributed by atoms with Crippen LogP contribution in [0.5, 0.6) is 0 Å². The topological polar surface area (TPSA) is 3.24 Å². The van der Waals surface area contributed by atoms with Crippen LogP contribution >= 0.6 is 24.0 Å². The zero-order valence-corrected chi connectivity index (χ0v) is 10.5. The zero-order valence-electron chi connectivity index (χ0n) is 8.81. The molecule has 1 aromatic heterocycles. The molecule has 0 unspecified atom stereocenters. The quantitative estimate of drug-likeness (QED) is 0.799. The third-order valence-corrected chi connectivity index (χ3v) is 3.70. The number of nitrogens with zero attached hydrogens (tertiary/aromatic N) is 1. The molecule has 1 heterocycles. The van der Waals surface area contributed by atoms with Crippen molar-refractivity contribution in [1.29, 1.82) is 0 Å². The molecule has 80 valence electrons. The van der Waals surface area contributed by atoms with E-state index in [-0.39, 0.29) is 0 Å². The predicted octanol–water partition coefficient (Wildman–Crippen LogP) is 3.26. The van der Waals surface area contributed by atoms with Gasteiger partial charge in [0.05, 0.1) is 0 Å². The third kappa shape index (κ3) is 2.54. The molecule has 1 aromatic carbocycles. The van der Waals surface area contributed by atoms with Crippen LogP contribution in [0.1, 0.15) is 5.56 Å². The lowest BCUT2D eigenvalue weighted by Crippen LogP contribution is -2.19. The average Bonchev–Trinajstić information content (AvgIpc) is 2.62. The Bertz CT molecular complexity index is 436. The Balaban J connectivity index is 2.21. The Morgan fingerprint density at radius 1 is 1.33 bits per heavy atom. The Kier molecular flexibility index (Phi) is 3.67. The normalized spacial score (nSPS) is 11.4. The fourth-order valence-corrected chi connectivity index (χ4v) is 2.99. The van der Waals surface area contributed by atoms with E-state index in [1.807, 2.05) is 11.3 Å². The van der Waals surface area contributed by atoms with Gasteiger partial charge in [-0.15, -0.1) is 11.3 Å². The first-order valence-electron chi connectivity index (χ1n) is 5.06. The van der Waals surface area contributed by atoms with Gasteiger partial charge in [0.2, 0.25) is 0 Å². The number of hydrogen-bond acceptors (Lipinski definition) is 3. The average molecular weight is 237 g/mol. The Labute approximate surface area is 100 Å². The molecule has 0 fully saturated rings. The standard InChI is InChI=1S/C12H15NS2/c1-13(6-7-14)8-10-9-15-12-5-3-2-4-11(10)12/h2-5,9,14H,6-8H2,1H3. The highest BCUT2D eigenvalue weighted by atomic mass is 32.1. The first-order valence-corrected chi connectivity index (χ1v) is 6.57. The van der Waals surface area contributed by atoms with Gasteiger partial charge in [-0.1, -0.05) is 18.2 Å². The maximum atomic E-state index is 4.25. The molecule has 0 N–H and O–H groups in total. The van der Waals surface area contributed by atoms with Gasteiger partial charge >= 0.3 is 0 Å². The van der Waals surface area contributed by atoms with Crippen LogP contribution in [0.15, 0.2) is 29.6 Å². The third-order valence-electron chi connectivity index (χ3n) is 2.48. The minimum Gasteiger partial charge on any atom is -0.301 e. The smallest absolute Gasteiger partial charge is 0.0346 e. The molecular weight excluding hydrogens is 222 g/mol. The van der Waals surface area contributed by atoms with Crippen LogP contribution in [0.2, 0.25) is 0 Å². The van der Waals surface area contributed by atoms with Crippen LogP contribution in [0, 0.1) is 0 Å². The first-order chi connectivity index (χ1) is 7.31. The van der Waals surface area contributed by atoms with Gasteiger partial charge < -0.3 is 4.90 Å². The van der Waals surface area contributed by atoms with E-state index in [1.165, 1.54) is 15.6 Å². The second kappa shape index (κ2) is 5.01. The minimum absolute atomic E-state index is 0.915. The number of fused-ring (bicyclic) bond motifs is 1. The molecule has 1 nitrogen and oxygen atoms in total. The van der Waals surface area contributed by atoms with E-state index in [0.29, 0.717) is 0 Å². The molecule has 3 heteroatoms. The van der Waals surface area contributed by atoms with Gasteiger partial charge in [0.1, 0.15) is 0 Å². The van der Waals surface area contributed by atoms with Crippen molar-refractivity contribution < 1.29 is 0 Å². The van der Waals surface area contributed by atoms with Gasteiger partial charge in [-0.2, -0.15) is 12.6 Å². The van der Waals surface area contributed by atoms with E-state index < -0.39 is 0 Å². The van der Waals surface area contributed by atoms with Crippen molar-refractivity contribution in [3.8, 4) is 0 Å². The summed E-state index contributed by atoms with van der Waals surface area (Å²) in [5.74, 6) is 0.915. The molecule has 0 amide bonds. The highest BCUT2D eigenvalue weighted by Gasteiger charge is 2.05. The fraction of sp³-hybridized carbons (Fsp3) is 0.333. The maximum absolute atomic E-state index is 4.25. The molecule has 0 saturated carbocycles. The predicted molar refractivity (Wildman–Crippen MR) is 72.0 cm³/mol. The Hall–Kier alpha value is -0.510. The van der Waals surface area contributed by atoms with E-state index in [4.69, 9.17) is 0 Å². The molecule has 0 aliphatic rings. The summed E-state index contributed by atoms with van der Waals surface area (Å²) in [7, 11) is 2.14. The summed E-state index contributed by atoms with van der Waals surface area (Å²) in [6.07, 6.45) is 0. The van der Waals surface area contributed by atoms with Crippen molar-refractivity contribution in [1.82, 2.24) is 4.90 Å². The second-order valence-electron chi connectivity index (χ2n) is 3.72. The van der Waals surface area contributed by atoms with Crippen molar-refractivity contribution in [2.24, 2.45) is 0 Å². The van der Waals surface area contributed by atoms with Crippen LogP contribution < -0.4 is 0 Å². The van der Waals surface area contributed by atoms with Crippen molar-refractivity contribution in [3.63, 3.8) is 0 Å². The van der Waals surface area contributed by atoms with Gasteiger partial charge in [-0.3, -0.25) is 0 Å². The summed E-state index contributed by atoms with van der Waals surface area (Å²) in [6, 6.07) is 8.59. The molecule has 15 heavy (non-hydrogen) atoms. The summed E-state index contributed by atoms with van der Waals surface area (Å²) in [5, 5.41) is 3.66. The maximum Gasteiger partial charge on any atom is 0.0346 e. The van der Waals surface area contributed by atoms with Crippen LogP contribution in [0.4, 0.5) is 0 Å². The number of thiophene rings is 1. The largest absolute Gasteiger partial charge is 0.301 e. The number of hydrogen-bond donors (Lipinski definition) is 1. The van der Waals surface area contributed by atoms with Crippen molar-refractivity contribution >= 4 is 34.1 Å². The van der Waals surface area contributed by atoms with E-state index in [0.717, 1.165) is 18.8 Å². The summed E-state index contributed by atoms with van der Waals surface area (Å²) < 4.78 is 1.38. The van der Waals surface area contributed by atoms with E-state index in [2.05, 4.69) is 54.2 Å². The lowest BCUT2D eigenvalue weighted by molar-refractivity contribution is 0.350. The van der Waals surface area contributed by atoms with Crippen molar-refractivity contribution in [2.45, 2.75) is 6.54 Å². The molecule has 0 bridgehead atoms. The van der Waals surface area contributed by atoms with Crippen molar-refractivity contribution in [2.75, 3.05) is 19.3 Å². The molecule has 0 atom stereocenters. The molecular formula is C12H15NS2. The summed E-state index contributed by atoms with van der Waals surface area (Å²) in [6.45, 7) is 2.05. The highest BCUT2D eigenvalue weighted by molar-refractivity contribution is 7.80. The molecule has 2 aromatic rings. The Morgan fingerprint density at radius 3 is 2.93 bits per heavy atom. The summed E-state index contributed by atoms with van der Waals surface area (Å²) in [4.78, 5) is 2.31. The SMILES string of the molecule is CN(CCS)Cc1csc2ccccc12. The summed E-state index contributed by atoms with van der Waals surface area (Å²) in [5.41, 5.74) is 1.43. The van der Waals surface area contributed by atoms with Crippen molar-refractivity contribution in [3.05, 3.63) is 35.2 Å². The first kappa shape index (κ1) is 11.0.